The molecule has 0 bridgehead atoms. The van der Waals surface area contributed by atoms with Gasteiger partial charge in [0.25, 0.3) is 0 Å². The summed E-state index contributed by atoms with van der Waals surface area (Å²) in [7, 11) is 0. The van der Waals surface area contributed by atoms with Gasteiger partial charge in [0, 0.05) is 22.4 Å². The Morgan fingerprint density at radius 1 is 1.28 bits per heavy atom. The number of fused-ring (bicyclic) bond motifs is 1. The molecule has 2 nitrogen and oxygen atoms in total. The lowest BCUT2D eigenvalue weighted by molar-refractivity contribution is 0.297. The number of alkyl halides is 1. The Balaban J connectivity index is 1.99. The molecular weight excluding hydrogens is 312 g/mol. The zero-order chi connectivity index (χ0) is 12.8. The van der Waals surface area contributed by atoms with Crippen LogP contribution in [0.5, 0.6) is 11.5 Å². The Labute approximate surface area is 122 Å². The summed E-state index contributed by atoms with van der Waals surface area (Å²) >= 11 is 5.45. The Kier molecular flexibility index (Phi) is 5.70. The van der Waals surface area contributed by atoms with Gasteiger partial charge in [0.1, 0.15) is 0 Å². The number of thioether (sulfide) groups is 1. The van der Waals surface area contributed by atoms with Crippen LogP contribution >= 0.6 is 27.7 Å². The van der Waals surface area contributed by atoms with Crippen LogP contribution in [0.2, 0.25) is 0 Å². The second-order valence-corrected chi connectivity index (χ2v) is 6.14. The Morgan fingerprint density at radius 2 is 2.06 bits per heavy atom. The summed E-state index contributed by atoms with van der Waals surface area (Å²) in [5.74, 6) is 3.64. The van der Waals surface area contributed by atoms with E-state index in [4.69, 9.17) is 9.47 Å². The van der Waals surface area contributed by atoms with E-state index in [9.17, 15) is 0 Å². The van der Waals surface area contributed by atoms with Gasteiger partial charge in [-0.25, -0.2) is 0 Å². The predicted molar refractivity (Wildman–Crippen MR) is 80.3 cm³/mol. The highest BCUT2D eigenvalue weighted by molar-refractivity contribution is 9.09. The monoisotopic (exact) mass is 330 g/mol. The molecule has 0 amide bonds. The van der Waals surface area contributed by atoms with Crippen molar-refractivity contribution in [2.75, 3.05) is 24.3 Å². The van der Waals surface area contributed by atoms with Gasteiger partial charge in [0.15, 0.2) is 11.5 Å². The number of halogens is 1. The molecule has 1 aliphatic heterocycles. The van der Waals surface area contributed by atoms with Crippen molar-refractivity contribution in [1.82, 2.24) is 0 Å². The van der Waals surface area contributed by atoms with Crippen LogP contribution in [0.15, 0.2) is 23.1 Å². The van der Waals surface area contributed by atoms with E-state index in [0.29, 0.717) is 0 Å². The number of benzene rings is 1. The normalized spacial score (nSPS) is 16.1. The summed E-state index contributed by atoms with van der Waals surface area (Å²) in [5.41, 5.74) is 0. The number of hydrogen-bond acceptors (Lipinski definition) is 3. The average Bonchev–Trinajstić information content (AvgIpc) is 2.64. The molecule has 1 aromatic carbocycles. The SMILES string of the molecule is CCC(CBr)CSc1ccc2c(c1)OCCCO2. The van der Waals surface area contributed by atoms with Crippen LogP contribution in [0.3, 0.4) is 0 Å². The van der Waals surface area contributed by atoms with Crippen molar-refractivity contribution < 1.29 is 9.47 Å². The van der Waals surface area contributed by atoms with Gasteiger partial charge in [-0.3, -0.25) is 0 Å². The van der Waals surface area contributed by atoms with Gasteiger partial charge in [-0.15, -0.1) is 11.8 Å². The fourth-order valence-corrected chi connectivity index (χ4v) is 3.85. The van der Waals surface area contributed by atoms with Crippen molar-refractivity contribution in [1.29, 1.82) is 0 Å². The Bertz CT molecular complexity index is 380. The lowest BCUT2D eigenvalue weighted by atomic mass is 10.2. The van der Waals surface area contributed by atoms with Crippen molar-refractivity contribution in [3.63, 3.8) is 0 Å². The van der Waals surface area contributed by atoms with Crippen molar-refractivity contribution in [3.05, 3.63) is 18.2 Å². The summed E-state index contributed by atoms with van der Waals surface area (Å²) in [5, 5.41) is 1.07. The quantitative estimate of drug-likeness (QED) is 0.590. The maximum Gasteiger partial charge on any atom is 0.162 e. The molecule has 0 fully saturated rings. The van der Waals surface area contributed by atoms with E-state index in [0.717, 1.165) is 48.1 Å². The van der Waals surface area contributed by atoms with E-state index in [1.165, 1.54) is 11.3 Å². The first-order valence-electron chi connectivity index (χ1n) is 6.42. The van der Waals surface area contributed by atoms with Crippen molar-refractivity contribution >= 4 is 27.7 Å². The summed E-state index contributed by atoms with van der Waals surface area (Å²) in [6, 6.07) is 6.25. The van der Waals surface area contributed by atoms with Gasteiger partial charge in [-0.2, -0.15) is 0 Å². The second kappa shape index (κ2) is 7.29. The van der Waals surface area contributed by atoms with Gasteiger partial charge in [0.05, 0.1) is 13.2 Å². The van der Waals surface area contributed by atoms with E-state index < -0.39 is 0 Å². The molecule has 0 aromatic heterocycles. The van der Waals surface area contributed by atoms with Gasteiger partial charge < -0.3 is 9.47 Å². The van der Waals surface area contributed by atoms with Gasteiger partial charge in [-0.1, -0.05) is 29.3 Å². The minimum Gasteiger partial charge on any atom is -0.490 e. The van der Waals surface area contributed by atoms with Crippen LogP contribution in [0.1, 0.15) is 19.8 Å². The molecule has 0 radical (unpaired) electrons. The first-order valence-corrected chi connectivity index (χ1v) is 8.52. The first kappa shape index (κ1) is 14.1. The van der Waals surface area contributed by atoms with Crippen LogP contribution in [0, 0.1) is 5.92 Å². The topological polar surface area (TPSA) is 18.5 Å². The molecule has 1 heterocycles. The van der Waals surface area contributed by atoms with Crippen molar-refractivity contribution in [3.8, 4) is 11.5 Å². The van der Waals surface area contributed by atoms with E-state index in [1.54, 1.807) is 0 Å². The highest BCUT2D eigenvalue weighted by atomic mass is 79.9. The molecule has 2 rings (SSSR count). The Morgan fingerprint density at radius 3 is 2.78 bits per heavy atom. The number of ether oxygens (including phenoxy) is 2. The van der Waals surface area contributed by atoms with Crippen LogP contribution in [0.4, 0.5) is 0 Å². The molecule has 0 saturated carbocycles. The predicted octanol–water partition coefficient (Wildman–Crippen LogP) is 4.36. The molecule has 0 N–H and O–H groups in total. The largest absolute Gasteiger partial charge is 0.490 e. The van der Waals surface area contributed by atoms with Crippen LogP contribution in [-0.4, -0.2) is 24.3 Å². The zero-order valence-electron chi connectivity index (χ0n) is 10.7. The molecule has 0 saturated heterocycles. The summed E-state index contributed by atoms with van der Waals surface area (Å²) in [4.78, 5) is 1.26. The van der Waals surface area contributed by atoms with E-state index in [-0.39, 0.29) is 0 Å². The maximum absolute atomic E-state index is 5.70. The first-order chi connectivity index (χ1) is 8.83. The maximum atomic E-state index is 5.70. The second-order valence-electron chi connectivity index (χ2n) is 4.40. The highest BCUT2D eigenvalue weighted by Crippen LogP contribution is 2.34. The fourth-order valence-electron chi connectivity index (χ4n) is 1.72. The van der Waals surface area contributed by atoms with Gasteiger partial charge in [-0.05, 0) is 24.1 Å². The van der Waals surface area contributed by atoms with Gasteiger partial charge in [0.2, 0.25) is 0 Å². The van der Waals surface area contributed by atoms with Crippen LogP contribution < -0.4 is 9.47 Å². The minimum atomic E-state index is 0.728. The molecule has 1 unspecified atom stereocenters. The molecule has 4 heteroatoms. The van der Waals surface area contributed by atoms with Crippen molar-refractivity contribution in [2.24, 2.45) is 5.92 Å². The smallest absolute Gasteiger partial charge is 0.162 e. The van der Waals surface area contributed by atoms with E-state index in [2.05, 4.69) is 35.0 Å². The zero-order valence-corrected chi connectivity index (χ0v) is 13.1. The van der Waals surface area contributed by atoms with Crippen LogP contribution in [0.25, 0.3) is 0 Å². The molecule has 1 aromatic rings. The molecule has 0 spiro atoms. The van der Waals surface area contributed by atoms with E-state index in [1.807, 2.05) is 17.8 Å². The Hall–Kier alpha value is -0.350. The average molecular weight is 331 g/mol. The standard InChI is InChI=1S/C14H19BrO2S/c1-2-11(9-15)10-18-12-4-5-13-14(8-12)17-7-3-6-16-13/h4-5,8,11H,2-3,6-7,9-10H2,1H3. The lowest BCUT2D eigenvalue weighted by Gasteiger charge is -2.12. The van der Waals surface area contributed by atoms with E-state index >= 15 is 0 Å². The van der Waals surface area contributed by atoms with Crippen molar-refractivity contribution in [2.45, 2.75) is 24.7 Å². The molecule has 18 heavy (non-hydrogen) atoms. The van der Waals surface area contributed by atoms with Crippen LogP contribution in [-0.2, 0) is 0 Å². The number of hydrogen-bond donors (Lipinski definition) is 0. The molecule has 0 aliphatic carbocycles. The van der Waals surface area contributed by atoms with Gasteiger partial charge >= 0.3 is 0 Å². The third kappa shape index (κ3) is 3.82. The summed E-state index contributed by atoms with van der Waals surface area (Å²) in [6.07, 6.45) is 2.17. The summed E-state index contributed by atoms with van der Waals surface area (Å²) < 4.78 is 11.3. The molecular formula is C14H19BrO2S. The minimum absolute atomic E-state index is 0.728. The molecule has 100 valence electrons. The number of rotatable bonds is 5. The lowest BCUT2D eigenvalue weighted by Crippen LogP contribution is -2.03. The third-order valence-electron chi connectivity index (χ3n) is 3.00. The fraction of sp³-hybridized carbons (Fsp3) is 0.571. The molecule has 1 atom stereocenters. The summed E-state index contributed by atoms with van der Waals surface area (Å²) in [6.45, 7) is 3.74. The highest BCUT2D eigenvalue weighted by Gasteiger charge is 2.12. The third-order valence-corrected chi connectivity index (χ3v) is 5.14. The molecule has 1 aliphatic rings.